The van der Waals surface area contributed by atoms with Gasteiger partial charge in [0, 0.05) is 31.7 Å². The van der Waals surface area contributed by atoms with Crippen molar-refractivity contribution < 1.29 is 43.1 Å². The van der Waals surface area contributed by atoms with Crippen LogP contribution in [-0.2, 0) is 52.8 Å². The number of carbonyl (C=O) groups excluding carboxylic acids is 7. The van der Waals surface area contributed by atoms with Crippen LogP contribution in [0.5, 0.6) is 0 Å². The largest absolute Gasteiger partial charge is 0.394 e. The number of fused-ring (bicyclic) bond motifs is 2. The molecule has 16 nitrogen and oxygen atoms in total. The molecule has 1 aliphatic heterocycles. The van der Waals surface area contributed by atoms with Crippen LogP contribution >= 0.6 is 0 Å². The second-order valence-electron chi connectivity index (χ2n) is 17.8. The summed E-state index contributed by atoms with van der Waals surface area (Å²) >= 11 is 0. The number of rotatable bonds is 24. The zero-order valence-electron chi connectivity index (χ0n) is 39.3. The molecule has 1 fully saturated rings. The number of halogens is 1. The fourth-order valence-electron chi connectivity index (χ4n) is 8.45. The van der Waals surface area contributed by atoms with Crippen LogP contribution in [0.15, 0.2) is 115 Å². The van der Waals surface area contributed by atoms with Gasteiger partial charge in [0.15, 0.2) is 6.17 Å². The highest BCUT2D eigenvalue weighted by Gasteiger charge is 2.34. The van der Waals surface area contributed by atoms with Gasteiger partial charge in [0.05, 0.1) is 6.61 Å². The van der Waals surface area contributed by atoms with Gasteiger partial charge in [0.2, 0.25) is 35.4 Å². The average Bonchev–Trinajstić information content (AvgIpc) is 3.36. The van der Waals surface area contributed by atoms with Crippen molar-refractivity contribution in [3.63, 3.8) is 0 Å². The quantitative estimate of drug-likeness (QED) is 0.0412. The second kappa shape index (κ2) is 25.9. The van der Waals surface area contributed by atoms with Crippen LogP contribution in [0.25, 0.3) is 21.5 Å². The van der Waals surface area contributed by atoms with Crippen molar-refractivity contribution >= 4 is 62.9 Å². The number of nitrogens with two attached hydrogens (primary N) is 1. The van der Waals surface area contributed by atoms with Crippen LogP contribution in [0.3, 0.4) is 0 Å². The Labute approximate surface area is 406 Å². The van der Waals surface area contributed by atoms with E-state index in [4.69, 9.17) is 5.73 Å². The van der Waals surface area contributed by atoms with Crippen LogP contribution in [0.4, 0.5) is 4.39 Å². The highest BCUT2D eigenvalue weighted by molar-refractivity contribution is 5.97. The number of nitrogens with one attached hydrogen (secondary N) is 7. The predicted octanol–water partition coefficient (Wildman–Crippen LogP) is 2.57. The Hall–Kier alpha value is -7.24. The van der Waals surface area contributed by atoms with Crippen LogP contribution < -0.4 is 43.0 Å². The Balaban J connectivity index is 1.21. The molecule has 6 atom stereocenters. The summed E-state index contributed by atoms with van der Waals surface area (Å²) in [5.74, 6) is -5.36. The highest BCUT2D eigenvalue weighted by Crippen LogP contribution is 2.20. The molecule has 1 aliphatic rings. The first-order chi connectivity index (χ1) is 33.8. The lowest BCUT2D eigenvalue weighted by molar-refractivity contribution is -0.136. The van der Waals surface area contributed by atoms with Crippen LogP contribution in [-0.4, -0.2) is 109 Å². The molecule has 70 heavy (non-hydrogen) atoms. The van der Waals surface area contributed by atoms with Gasteiger partial charge in [-0.2, -0.15) is 0 Å². The molecule has 7 amide bonds. The number of piperidine rings is 1. The van der Waals surface area contributed by atoms with E-state index in [1.165, 1.54) is 0 Å². The number of carbonyl (C=O) groups is 7. The summed E-state index contributed by atoms with van der Waals surface area (Å²) in [7, 11) is 0. The number of alkyl halides is 1. The molecule has 0 bridgehead atoms. The zero-order valence-corrected chi connectivity index (χ0v) is 39.3. The van der Waals surface area contributed by atoms with Crippen molar-refractivity contribution in [2.75, 3.05) is 26.2 Å². The van der Waals surface area contributed by atoms with Gasteiger partial charge in [-0.25, -0.2) is 4.39 Å². The number of benzene rings is 5. The molecule has 0 aliphatic carbocycles. The van der Waals surface area contributed by atoms with Gasteiger partial charge >= 0.3 is 0 Å². The first-order valence-electron chi connectivity index (χ1n) is 23.8. The molecule has 1 saturated heterocycles. The fraction of sp³-hybridized carbons (Fsp3) is 0.377. The number of aliphatic hydroxyl groups excluding tert-OH is 1. The summed E-state index contributed by atoms with van der Waals surface area (Å²) in [5, 5.41) is 33.8. The van der Waals surface area contributed by atoms with Crippen molar-refractivity contribution in [3.05, 3.63) is 132 Å². The average molecular weight is 959 g/mol. The summed E-state index contributed by atoms with van der Waals surface area (Å²) in [4.78, 5) is 94.8. The molecule has 1 unspecified atom stereocenters. The lowest BCUT2D eigenvalue weighted by atomic mass is 9.95. The molecule has 5 aromatic carbocycles. The highest BCUT2D eigenvalue weighted by atomic mass is 19.1. The number of amides is 7. The van der Waals surface area contributed by atoms with Crippen molar-refractivity contribution in [3.8, 4) is 0 Å². The van der Waals surface area contributed by atoms with Gasteiger partial charge in [-0.3, -0.25) is 33.6 Å². The van der Waals surface area contributed by atoms with Gasteiger partial charge in [0.25, 0.3) is 5.91 Å². The summed E-state index contributed by atoms with van der Waals surface area (Å²) in [6.07, 6.45) is 0.303. The van der Waals surface area contributed by atoms with Gasteiger partial charge in [-0.05, 0) is 90.4 Å². The Morgan fingerprint density at radius 3 is 1.54 bits per heavy atom. The van der Waals surface area contributed by atoms with E-state index < -0.39 is 78.4 Å². The maximum atomic E-state index is 14.6. The van der Waals surface area contributed by atoms with Crippen LogP contribution in [0.1, 0.15) is 55.7 Å². The Kier molecular flexibility index (Phi) is 19.3. The summed E-state index contributed by atoms with van der Waals surface area (Å²) in [5.41, 5.74) is 7.75. The number of aliphatic hydroxyl groups is 1. The van der Waals surface area contributed by atoms with Crippen molar-refractivity contribution in [2.45, 2.75) is 94.7 Å². The normalized spacial score (nSPS) is 15.3. The third kappa shape index (κ3) is 15.4. The second-order valence-corrected chi connectivity index (χ2v) is 17.8. The third-order valence-electron chi connectivity index (χ3n) is 12.5. The molecular weight excluding hydrogens is 896 g/mol. The maximum absolute atomic E-state index is 14.6. The molecule has 1 heterocycles. The number of hydrogen-bond donors (Lipinski definition) is 9. The standard InChI is InChI=1S/C53H63FN8O8/c1-33(54)48(65)57-24-10-9-17-42(47(55)64)58-50(67)43(29-34-11-3-2-4-12-34)61-53(70)46(32-63)62-52(69)45(31-36-19-21-38-14-6-8-16-41(38)28-36)60-51(68)44(59-49(66)39-22-25-56-26-23-39)30-35-18-20-37-13-5-7-15-40(37)27-35/h2-8,11-16,18-21,27-28,33,39,42-46,56,63H,9-10,17,22-26,29-32H2,1H3,(H2,55,64)(H,57,65)(H,58,67)(H,59,66)(H,60,68)(H,61,70)(H,62,69)/t33?,42-,43-,44+,45+,46-/m0/s1. The molecule has 0 saturated carbocycles. The van der Waals surface area contributed by atoms with E-state index in [0.717, 1.165) is 34.0 Å². The minimum absolute atomic E-state index is 0.0397. The fourth-order valence-corrected chi connectivity index (χ4v) is 8.45. The lowest BCUT2D eigenvalue weighted by Gasteiger charge is -2.28. The van der Waals surface area contributed by atoms with Crippen LogP contribution in [0, 0.1) is 5.92 Å². The van der Waals surface area contributed by atoms with E-state index in [0.29, 0.717) is 49.9 Å². The monoisotopic (exact) mass is 958 g/mol. The summed E-state index contributed by atoms with van der Waals surface area (Å²) < 4.78 is 13.2. The first-order valence-corrected chi connectivity index (χ1v) is 23.8. The van der Waals surface area contributed by atoms with Crippen molar-refractivity contribution in [1.82, 2.24) is 37.2 Å². The van der Waals surface area contributed by atoms with Gasteiger partial charge in [-0.1, -0.05) is 115 Å². The first kappa shape index (κ1) is 52.1. The van der Waals surface area contributed by atoms with E-state index >= 15 is 0 Å². The van der Waals surface area contributed by atoms with E-state index in [1.807, 2.05) is 84.9 Å². The van der Waals surface area contributed by atoms with Crippen molar-refractivity contribution in [1.29, 1.82) is 0 Å². The zero-order chi connectivity index (χ0) is 50.0. The Bertz CT molecular complexity index is 2610. The smallest absolute Gasteiger partial charge is 0.254 e. The molecule has 0 spiro atoms. The number of hydrogen-bond acceptors (Lipinski definition) is 9. The van der Waals surface area contributed by atoms with Gasteiger partial charge in [0.1, 0.15) is 30.2 Å². The van der Waals surface area contributed by atoms with E-state index in [9.17, 15) is 43.1 Å². The molecular formula is C53H63FN8O8. The topological polar surface area (TPSA) is 250 Å². The number of unbranched alkanes of at least 4 members (excludes halogenated alkanes) is 1. The minimum atomic E-state index is -1.68. The van der Waals surface area contributed by atoms with E-state index in [-0.39, 0.29) is 44.1 Å². The third-order valence-corrected chi connectivity index (χ3v) is 12.5. The number of primary amides is 1. The van der Waals surface area contributed by atoms with Crippen LogP contribution in [0.2, 0.25) is 0 Å². The van der Waals surface area contributed by atoms with Crippen molar-refractivity contribution in [2.24, 2.45) is 11.7 Å². The molecule has 5 aromatic rings. The Morgan fingerprint density at radius 2 is 1.03 bits per heavy atom. The SMILES string of the molecule is CC(F)C(=O)NCCCC[C@H](NC(=O)[C@H](Cc1ccccc1)NC(=O)[C@H](CO)NC(=O)[C@@H](Cc1ccc2ccccc2c1)NC(=O)[C@@H](Cc1ccc2ccccc2c1)NC(=O)C1CCNCC1)C(N)=O. The summed E-state index contributed by atoms with van der Waals surface area (Å²) in [6.45, 7) is 1.68. The molecule has 17 heteroatoms. The molecule has 10 N–H and O–H groups in total. The van der Waals surface area contributed by atoms with E-state index in [2.05, 4.69) is 37.2 Å². The van der Waals surface area contributed by atoms with E-state index in [1.54, 1.807) is 30.3 Å². The molecule has 6 rings (SSSR count). The minimum Gasteiger partial charge on any atom is -0.394 e. The molecule has 370 valence electrons. The lowest BCUT2D eigenvalue weighted by Crippen LogP contribution is -2.60. The molecule has 0 aromatic heterocycles. The van der Waals surface area contributed by atoms with Gasteiger partial charge in [-0.15, -0.1) is 0 Å². The molecule has 0 radical (unpaired) electrons. The maximum Gasteiger partial charge on any atom is 0.254 e. The van der Waals surface area contributed by atoms with Gasteiger partial charge < -0.3 is 48.1 Å². The summed E-state index contributed by atoms with van der Waals surface area (Å²) in [6, 6.07) is 29.0. The Morgan fingerprint density at radius 1 is 0.571 bits per heavy atom. The predicted molar refractivity (Wildman–Crippen MR) is 264 cm³/mol.